The van der Waals surface area contributed by atoms with Crippen molar-refractivity contribution in [1.82, 2.24) is 35.0 Å². The maximum Gasteiger partial charge on any atom is 0.326 e. The maximum absolute atomic E-state index is 12.5. The predicted molar refractivity (Wildman–Crippen MR) is 109 cm³/mol. The van der Waals surface area contributed by atoms with E-state index in [9.17, 15) is 9.59 Å². The molecule has 11 heteroatoms. The van der Waals surface area contributed by atoms with E-state index in [2.05, 4.69) is 40.1 Å². The first kappa shape index (κ1) is 18.3. The Morgan fingerprint density at radius 1 is 1.20 bits per heavy atom. The van der Waals surface area contributed by atoms with Crippen molar-refractivity contribution in [3.63, 3.8) is 0 Å². The lowest BCUT2D eigenvalue weighted by atomic mass is 10.0. The highest BCUT2D eigenvalue weighted by atomic mass is 16.6. The van der Waals surface area contributed by atoms with Crippen LogP contribution in [0.1, 0.15) is 29.5 Å². The number of para-hydroxylation sites is 2. The Labute approximate surface area is 170 Å². The molecule has 3 aromatic heterocycles. The second-order valence-electron chi connectivity index (χ2n) is 7.15. The van der Waals surface area contributed by atoms with Gasteiger partial charge >= 0.3 is 11.6 Å². The fourth-order valence-corrected chi connectivity index (χ4v) is 4.08. The molecule has 1 amide bonds. The van der Waals surface area contributed by atoms with Crippen molar-refractivity contribution in [1.29, 1.82) is 0 Å². The molecule has 11 nitrogen and oxygen atoms in total. The number of fused-ring (bicyclic) bond motifs is 2. The fourth-order valence-electron chi connectivity index (χ4n) is 4.08. The molecule has 1 aliphatic rings. The molecule has 154 valence electrons. The van der Waals surface area contributed by atoms with Crippen LogP contribution in [-0.4, -0.2) is 55.6 Å². The molecule has 0 bridgehead atoms. The minimum absolute atomic E-state index is 0.0820. The molecule has 0 spiro atoms. The summed E-state index contributed by atoms with van der Waals surface area (Å²) in [6.45, 7) is 1.42. The number of nitrogens with one attached hydrogen (secondary N) is 3. The van der Waals surface area contributed by atoms with Crippen LogP contribution in [0.2, 0.25) is 0 Å². The molecule has 1 aliphatic heterocycles. The van der Waals surface area contributed by atoms with Gasteiger partial charge in [0.15, 0.2) is 11.5 Å². The van der Waals surface area contributed by atoms with Crippen LogP contribution in [0.4, 0.5) is 5.82 Å². The van der Waals surface area contributed by atoms with Gasteiger partial charge in [-0.2, -0.15) is 0 Å². The number of carbonyl (C=O) groups is 1. The topological polar surface area (TPSA) is 134 Å². The third-order valence-electron chi connectivity index (χ3n) is 5.43. The largest absolute Gasteiger partial charge is 0.355 e. The van der Waals surface area contributed by atoms with Crippen LogP contribution in [0, 0.1) is 0 Å². The van der Waals surface area contributed by atoms with Crippen molar-refractivity contribution in [2.45, 2.75) is 18.9 Å². The van der Waals surface area contributed by atoms with E-state index in [4.69, 9.17) is 0 Å². The number of benzene rings is 1. The highest BCUT2D eigenvalue weighted by molar-refractivity contribution is 5.95. The Balaban J connectivity index is 1.40. The standard InChI is InChI=1S/C19H20N8O3/c1-30-25-18(28)16-23-14-15(24-16)20-10-21-17(14)26-8-6-11(7-9-26)27-13-5-3-2-4-12(13)22-19(27)29/h2-5,10-11H,6-9H2,1H3,(H,22,29)(H,25,28)(H,20,21,23,24). The number of rotatable bonds is 4. The number of hydrogen-bond acceptors (Lipinski definition) is 7. The molecular weight excluding hydrogens is 388 g/mol. The highest BCUT2D eigenvalue weighted by Crippen LogP contribution is 2.29. The van der Waals surface area contributed by atoms with E-state index in [1.165, 1.54) is 13.4 Å². The van der Waals surface area contributed by atoms with Crippen molar-refractivity contribution in [2.75, 3.05) is 25.1 Å². The summed E-state index contributed by atoms with van der Waals surface area (Å²) in [4.78, 5) is 49.9. The minimum atomic E-state index is -0.487. The van der Waals surface area contributed by atoms with Crippen molar-refractivity contribution in [3.05, 3.63) is 46.9 Å². The number of anilines is 1. The molecule has 3 N–H and O–H groups in total. The number of aromatic nitrogens is 6. The van der Waals surface area contributed by atoms with E-state index in [0.717, 1.165) is 23.9 Å². The van der Waals surface area contributed by atoms with E-state index in [1.807, 2.05) is 28.8 Å². The summed E-state index contributed by atoms with van der Waals surface area (Å²) in [6, 6.07) is 7.83. The number of carbonyl (C=O) groups excluding carboxylic acids is 1. The summed E-state index contributed by atoms with van der Waals surface area (Å²) in [5.41, 5.74) is 4.94. The van der Waals surface area contributed by atoms with E-state index in [1.54, 1.807) is 0 Å². The van der Waals surface area contributed by atoms with Gasteiger partial charge in [-0.15, -0.1) is 0 Å². The number of amides is 1. The van der Waals surface area contributed by atoms with Crippen molar-refractivity contribution >= 4 is 33.9 Å². The molecule has 1 aromatic carbocycles. The normalized spacial score (nSPS) is 15.2. The maximum atomic E-state index is 12.5. The zero-order valence-electron chi connectivity index (χ0n) is 16.3. The van der Waals surface area contributed by atoms with Crippen LogP contribution in [0.15, 0.2) is 35.4 Å². The monoisotopic (exact) mass is 408 g/mol. The molecule has 4 heterocycles. The Morgan fingerprint density at radius 2 is 2.00 bits per heavy atom. The van der Waals surface area contributed by atoms with Gasteiger partial charge < -0.3 is 14.9 Å². The third kappa shape index (κ3) is 2.99. The van der Waals surface area contributed by atoms with E-state index < -0.39 is 5.91 Å². The Bertz CT molecular complexity index is 1280. The lowest BCUT2D eigenvalue weighted by molar-refractivity contribution is 0.0528. The van der Waals surface area contributed by atoms with Gasteiger partial charge in [-0.25, -0.2) is 25.2 Å². The van der Waals surface area contributed by atoms with E-state index in [0.29, 0.717) is 30.1 Å². The summed E-state index contributed by atoms with van der Waals surface area (Å²) in [7, 11) is 1.36. The van der Waals surface area contributed by atoms with E-state index >= 15 is 0 Å². The Kier molecular flexibility index (Phi) is 4.43. The lowest BCUT2D eigenvalue weighted by Gasteiger charge is -2.33. The zero-order chi connectivity index (χ0) is 20.7. The first-order valence-corrected chi connectivity index (χ1v) is 9.64. The van der Waals surface area contributed by atoms with Crippen LogP contribution in [0.3, 0.4) is 0 Å². The average molecular weight is 408 g/mol. The fraction of sp³-hybridized carbons (Fsp3) is 0.316. The van der Waals surface area contributed by atoms with Crippen molar-refractivity contribution in [3.8, 4) is 0 Å². The van der Waals surface area contributed by atoms with Crippen LogP contribution in [-0.2, 0) is 4.84 Å². The van der Waals surface area contributed by atoms with E-state index in [-0.39, 0.29) is 17.6 Å². The van der Waals surface area contributed by atoms with Crippen LogP contribution in [0.25, 0.3) is 22.2 Å². The molecule has 0 saturated carbocycles. The quantitative estimate of drug-likeness (QED) is 0.431. The first-order valence-electron chi connectivity index (χ1n) is 9.64. The second-order valence-corrected chi connectivity index (χ2v) is 7.15. The van der Waals surface area contributed by atoms with Crippen LogP contribution >= 0.6 is 0 Å². The molecule has 4 aromatic rings. The number of piperidine rings is 1. The van der Waals surface area contributed by atoms with Crippen LogP contribution < -0.4 is 16.1 Å². The molecular formula is C19H20N8O3. The van der Waals surface area contributed by atoms with Gasteiger partial charge in [0.2, 0.25) is 5.82 Å². The summed E-state index contributed by atoms with van der Waals surface area (Å²) in [6.07, 6.45) is 3.02. The minimum Gasteiger partial charge on any atom is -0.355 e. The molecule has 1 saturated heterocycles. The second kappa shape index (κ2) is 7.26. The van der Waals surface area contributed by atoms with Crippen molar-refractivity contribution in [2.24, 2.45) is 0 Å². The predicted octanol–water partition coefficient (Wildman–Crippen LogP) is 1.13. The smallest absolute Gasteiger partial charge is 0.326 e. The molecule has 0 aliphatic carbocycles. The Morgan fingerprint density at radius 3 is 2.80 bits per heavy atom. The van der Waals surface area contributed by atoms with Gasteiger partial charge in [-0.3, -0.25) is 14.2 Å². The van der Waals surface area contributed by atoms with Gasteiger partial charge in [0.05, 0.1) is 18.1 Å². The number of hydroxylamine groups is 1. The number of aromatic amines is 2. The molecule has 0 unspecified atom stereocenters. The average Bonchev–Trinajstić information content (AvgIpc) is 3.34. The summed E-state index contributed by atoms with van der Waals surface area (Å²) in [5, 5.41) is 0. The van der Waals surface area contributed by atoms with Gasteiger partial charge in [-0.05, 0) is 25.0 Å². The highest BCUT2D eigenvalue weighted by Gasteiger charge is 2.26. The number of nitrogens with zero attached hydrogens (tertiary/aromatic N) is 5. The van der Waals surface area contributed by atoms with Crippen molar-refractivity contribution < 1.29 is 9.63 Å². The van der Waals surface area contributed by atoms with Gasteiger partial charge in [-0.1, -0.05) is 12.1 Å². The Hall–Kier alpha value is -3.73. The summed E-state index contributed by atoms with van der Waals surface area (Å²) >= 11 is 0. The number of hydrogen-bond donors (Lipinski definition) is 3. The number of imidazole rings is 2. The van der Waals surface area contributed by atoms with Crippen LogP contribution in [0.5, 0.6) is 0 Å². The zero-order valence-corrected chi connectivity index (χ0v) is 16.3. The van der Waals surface area contributed by atoms with Gasteiger partial charge in [0.1, 0.15) is 11.8 Å². The van der Waals surface area contributed by atoms with Gasteiger partial charge in [0.25, 0.3) is 0 Å². The molecule has 0 radical (unpaired) electrons. The SMILES string of the molecule is CONC(=O)c1nc2ncnc(N3CCC(n4c(=O)[nH]c5ccccc54)CC3)c2[nH]1. The molecule has 5 rings (SSSR count). The third-order valence-corrected chi connectivity index (χ3v) is 5.43. The number of H-pyrrole nitrogens is 2. The van der Waals surface area contributed by atoms with Gasteiger partial charge in [0, 0.05) is 19.1 Å². The molecule has 30 heavy (non-hydrogen) atoms. The molecule has 1 fully saturated rings. The summed E-state index contributed by atoms with van der Waals surface area (Å²) in [5.74, 6) is 0.307. The molecule has 0 atom stereocenters. The lowest BCUT2D eigenvalue weighted by Crippen LogP contribution is -2.37. The summed E-state index contributed by atoms with van der Waals surface area (Å²) < 4.78 is 1.85. The first-order chi connectivity index (χ1) is 14.7.